The maximum absolute atomic E-state index is 10.4. The number of hydrogen-bond donors (Lipinski definition) is 2. The molecule has 0 fully saturated rings. The van der Waals surface area contributed by atoms with Crippen molar-refractivity contribution in [3.8, 4) is 5.75 Å². The highest BCUT2D eigenvalue weighted by molar-refractivity contribution is 5.89. The molecular formula is C18H25NO2. The summed E-state index contributed by atoms with van der Waals surface area (Å²) in [5.41, 5.74) is 6.16. The molecule has 2 aromatic rings. The Labute approximate surface area is 126 Å². The fourth-order valence-corrected chi connectivity index (χ4v) is 2.16. The molecule has 0 bridgehead atoms. The average molecular weight is 287 g/mol. The summed E-state index contributed by atoms with van der Waals surface area (Å²) in [6.45, 7) is 7.96. The van der Waals surface area contributed by atoms with Crippen LogP contribution in [0.1, 0.15) is 39.3 Å². The lowest BCUT2D eigenvalue weighted by Crippen LogP contribution is -2.38. The van der Waals surface area contributed by atoms with Gasteiger partial charge in [-0.05, 0) is 25.2 Å². The lowest BCUT2D eigenvalue weighted by atomic mass is 9.93. The first-order chi connectivity index (χ1) is 9.83. The zero-order valence-electron chi connectivity index (χ0n) is 13.3. The quantitative estimate of drug-likeness (QED) is 0.882. The lowest BCUT2D eigenvalue weighted by molar-refractivity contribution is -0.0265. The molecule has 0 spiro atoms. The van der Waals surface area contributed by atoms with E-state index in [0.29, 0.717) is 0 Å². The van der Waals surface area contributed by atoms with E-state index < -0.39 is 5.60 Å². The van der Waals surface area contributed by atoms with Crippen molar-refractivity contribution < 1.29 is 9.84 Å². The van der Waals surface area contributed by atoms with Crippen LogP contribution < -0.4 is 10.5 Å². The SMILES string of the molecule is CC(C)C(C)(O)COc1c([C@@H](C)N)ccc2ccccc12. The summed E-state index contributed by atoms with van der Waals surface area (Å²) >= 11 is 0. The van der Waals surface area contributed by atoms with Crippen molar-refractivity contribution in [2.24, 2.45) is 11.7 Å². The van der Waals surface area contributed by atoms with Gasteiger partial charge in [-0.15, -0.1) is 0 Å². The standard InChI is InChI=1S/C18H25NO2/c1-12(2)18(4,20)11-21-17-15(13(3)19)10-9-14-7-5-6-8-16(14)17/h5-10,12-13,20H,11,19H2,1-4H3/t13-,18?/m1/s1. The van der Waals surface area contributed by atoms with E-state index >= 15 is 0 Å². The van der Waals surface area contributed by atoms with Gasteiger partial charge in [0.1, 0.15) is 12.4 Å². The maximum atomic E-state index is 10.4. The van der Waals surface area contributed by atoms with Gasteiger partial charge in [0.15, 0.2) is 0 Å². The first-order valence-electron chi connectivity index (χ1n) is 7.45. The van der Waals surface area contributed by atoms with Crippen molar-refractivity contribution in [2.75, 3.05) is 6.61 Å². The number of hydrogen-bond acceptors (Lipinski definition) is 3. The van der Waals surface area contributed by atoms with Crippen molar-refractivity contribution in [1.29, 1.82) is 0 Å². The summed E-state index contributed by atoms with van der Waals surface area (Å²) in [5, 5.41) is 12.5. The molecule has 114 valence electrons. The Balaban J connectivity index is 2.42. The molecule has 0 heterocycles. The van der Waals surface area contributed by atoms with Gasteiger partial charge in [-0.3, -0.25) is 0 Å². The van der Waals surface area contributed by atoms with Gasteiger partial charge in [0, 0.05) is 17.0 Å². The summed E-state index contributed by atoms with van der Waals surface area (Å²) in [5.74, 6) is 0.898. The molecule has 3 heteroatoms. The van der Waals surface area contributed by atoms with Crippen LogP contribution in [-0.2, 0) is 0 Å². The summed E-state index contributed by atoms with van der Waals surface area (Å²) in [6.07, 6.45) is 0. The molecule has 0 aliphatic carbocycles. The second-order valence-electron chi connectivity index (χ2n) is 6.29. The topological polar surface area (TPSA) is 55.5 Å². The number of fused-ring (bicyclic) bond motifs is 1. The second kappa shape index (κ2) is 6.04. The Morgan fingerprint density at radius 3 is 2.43 bits per heavy atom. The van der Waals surface area contributed by atoms with Crippen molar-refractivity contribution in [2.45, 2.75) is 39.3 Å². The third-order valence-electron chi connectivity index (χ3n) is 4.15. The van der Waals surface area contributed by atoms with E-state index in [2.05, 4.69) is 6.07 Å². The maximum Gasteiger partial charge on any atom is 0.132 e. The molecule has 3 N–H and O–H groups in total. The highest BCUT2D eigenvalue weighted by Gasteiger charge is 2.26. The first-order valence-corrected chi connectivity index (χ1v) is 7.45. The minimum Gasteiger partial charge on any atom is -0.490 e. The molecule has 3 nitrogen and oxygen atoms in total. The fraction of sp³-hybridized carbons (Fsp3) is 0.444. The Morgan fingerprint density at radius 1 is 1.14 bits per heavy atom. The molecule has 2 rings (SSSR count). The van der Waals surface area contributed by atoms with E-state index in [-0.39, 0.29) is 18.6 Å². The van der Waals surface area contributed by atoms with Crippen LogP contribution in [0.5, 0.6) is 5.75 Å². The van der Waals surface area contributed by atoms with Gasteiger partial charge >= 0.3 is 0 Å². The zero-order valence-corrected chi connectivity index (χ0v) is 13.3. The Hall–Kier alpha value is -1.58. The molecule has 2 aromatic carbocycles. The van der Waals surface area contributed by atoms with Gasteiger partial charge in [0.2, 0.25) is 0 Å². The largest absolute Gasteiger partial charge is 0.490 e. The molecule has 21 heavy (non-hydrogen) atoms. The normalized spacial score (nSPS) is 16.0. The molecule has 0 saturated heterocycles. The van der Waals surface area contributed by atoms with E-state index in [1.54, 1.807) is 6.92 Å². The highest BCUT2D eigenvalue weighted by Crippen LogP contribution is 2.34. The fourth-order valence-electron chi connectivity index (χ4n) is 2.16. The summed E-state index contributed by atoms with van der Waals surface area (Å²) < 4.78 is 6.01. The monoisotopic (exact) mass is 287 g/mol. The van der Waals surface area contributed by atoms with E-state index in [0.717, 1.165) is 22.1 Å². The van der Waals surface area contributed by atoms with Crippen LogP contribution >= 0.6 is 0 Å². The Morgan fingerprint density at radius 2 is 1.81 bits per heavy atom. The average Bonchev–Trinajstić information content (AvgIpc) is 2.44. The van der Waals surface area contributed by atoms with Crippen molar-refractivity contribution >= 4 is 10.8 Å². The first kappa shape index (κ1) is 15.8. The minimum absolute atomic E-state index is 0.117. The number of rotatable bonds is 5. The van der Waals surface area contributed by atoms with Gasteiger partial charge < -0.3 is 15.6 Å². The van der Waals surface area contributed by atoms with Crippen LogP contribution in [0.3, 0.4) is 0 Å². The number of benzene rings is 2. The second-order valence-corrected chi connectivity index (χ2v) is 6.29. The van der Waals surface area contributed by atoms with E-state index in [1.165, 1.54) is 0 Å². The van der Waals surface area contributed by atoms with Crippen molar-refractivity contribution in [1.82, 2.24) is 0 Å². The molecular weight excluding hydrogens is 262 g/mol. The third kappa shape index (κ3) is 3.36. The van der Waals surface area contributed by atoms with Gasteiger partial charge in [-0.2, -0.15) is 0 Å². The summed E-state index contributed by atoms with van der Waals surface area (Å²) in [4.78, 5) is 0. The smallest absolute Gasteiger partial charge is 0.132 e. The van der Waals surface area contributed by atoms with Gasteiger partial charge in [0.25, 0.3) is 0 Å². The molecule has 0 aliphatic heterocycles. The molecule has 0 saturated carbocycles. The van der Waals surface area contributed by atoms with Gasteiger partial charge in [-0.25, -0.2) is 0 Å². The molecule has 0 aliphatic rings. The molecule has 0 amide bonds. The molecule has 2 atom stereocenters. The summed E-state index contributed by atoms with van der Waals surface area (Å²) in [6, 6.07) is 12.0. The zero-order chi connectivity index (χ0) is 15.6. The van der Waals surface area contributed by atoms with Crippen LogP contribution in [0.15, 0.2) is 36.4 Å². The third-order valence-corrected chi connectivity index (χ3v) is 4.15. The van der Waals surface area contributed by atoms with Gasteiger partial charge in [0.05, 0.1) is 5.60 Å². The lowest BCUT2D eigenvalue weighted by Gasteiger charge is -2.28. The van der Waals surface area contributed by atoms with Crippen LogP contribution in [0.25, 0.3) is 10.8 Å². The van der Waals surface area contributed by atoms with E-state index in [9.17, 15) is 5.11 Å². The van der Waals surface area contributed by atoms with Crippen molar-refractivity contribution in [3.63, 3.8) is 0 Å². The number of nitrogens with two attached hydrogens (primary N) is 1. The van der Waals surface area contributed by atoms with Gasteiger partial charge in [-0.1, -0.05) is 50.2 Å². The highest BCUT2D eigenvalue weighted by atomic mass is 16.5. The van der Waals surface area contributed by atoms with Crippen molar-refractivity contribution in [3.05, 3.63) is 42.0 Å². The molecule has 0 radical (unpaired) electrons. The number of aliphatic hydroxyl groups is 1. The summed E-state index contributed by atoms with van der Waals surface area (Å²) in [7, 11) is 0. The molecule has 1 unspecified atom stereocenters. The Kier molecular flexibility index (Phi) is 4.55. The van der Waals surface area contributed by atoms with Crippen LogP contribution in [0, 0.1) is 5.92 Å². The van der Waals surface area contributed by atoms with Crippen LogP contribution in [0.2, 0.25) is 0 Å². The van der Waals surface area contributed by atoms with Crippen LogP contribution in [0.4, 0.5) is 0 Å². The predicted octanol–water partition coefficient (Wildman–Crippen LogP) is 3.65. The Bertz CT molecular complexity index is 618. The molecule has 0 aromatic heterocycles. The van der Waals surface area contributed by atoms with E-state index in [4.69, 9.17) is 10.5 Å². The predicted molar refractivity (Wildman–Crippen MR) is 87.5 cm³/mol. The van der Waals surface area contributed by atoms with E-state index in [1.807, 2.05) is 51.1 Å². The number of ether oxygens (including phenoxy) is 1. The van der Waals surface area contributed by atoms with Crippen LogP contribution in [-0.4, -0.2) is 17.3 Å². The minimum atomic E-state index is -0.869.